The van der Waals surface area contributed by atoms with Gasteiger partial charge in [0.15, 0.2) is 0 Å². The molecule has 2 rings (SSSR count). The lowest BCUT2D eigenvalue weighted by Gasteiger charge is -2.10. The summed E-state index contributed by atoms with van der Waals surface area (Å²) in [5.41, 5.74) is 1.28. The third-order valence-electron chi connectivity index (χ3n) is 3.03. The normalized spacial score (nSPS) is 10.4. The van der Waals surface area contributed by atoms with Crippen LogP contribution in [0.2, 0.25) is 0 Å². The summed E-state index contributed by atoms with van der Waals surface area (Å²) in [6.07, 6.45) is 0. The van der Waals surface area contributed by atoms with Gasteiger partial charge in [-0.3, -0.25) is 4.79 Å². The number of rotatable bonds is 6. The first-order valence-corrected chi connectivity index (χ1v) is 7.26. The van der Waals surface area contributed by atoms with Crippen LogP contribution < -0.4 is 14.8 Å². The van der Waals surface area contributed by atoms with Gasteiger partial charge in [0.05, 0.1) is 13.7 Å². The average molecular weight is 299 g/mol. The second kappa shape index (κ2) is 7.50. The Balaban J connectivity index is 2.00. The highest BCUT2D eigenvalue weighted by atomic mass is 16.5. The van der Waals surface area contributed by atoms with E-state index >= 15 is 0 Å². The van der Waals surface area contributed by atoms with E-state index in [1.807, 2.05) is 30.3 Å². The Morgan fingerprint density at radius 3 is 2.45 bits per heavy atom. The van der Waals surface area contributed by atoms with Gasteiger partial charge >= 0.3 is 0 Å². The molecule has 0 radical (unpaired) electrons. The van der Waals surface area contributed by atoms with Gasteiger partial charge in [0.25, 0.3) is 5.91 Å². The summed E-state index contributed by atoms with van der Waals surface area (Å²) in [7, 11) is 1.59. The van der Waals surface area contributed by atoms with Crippen molar-refractivity contribution < 1.29 is 14.3 Å². The molecule has 0 aliphatic heterocycles. The summed E-state index contributed by atoms with van der Waals surface area (Å²) in [5, 5.41) is 2.84. The lowest BCUT2D eigenvalue weighted by atomic mass is 10.2. The molecule has 2 aromatic rings. The zero-order valence-electron chi connectivity index (χ0n) is 13.1. The zero-order chi connectivity index (χ0) is 15.9. The quantitative estimate of drug-likeness (QED) is 0.877. The number of methoxy groups -OCH3 is 1. The van der Waals surface area contributed by atoms with Crippen LogP contribution in [0.5, 0.6) is 11.5 Å². The fourth-order valence-electron chi connectivity index (χ4n) is 1.87. The molecule has 0 spiro atoms. The van der Waals surface area contributed by atoms with Gasteiger partial charge in [-0.25, -0.2) is 0 Å². The minimum atomic E-state index is -0.163. The van der Waals surface area contributed by atoms with Crippen molar-refractivity contribution in [2.45, 2.75) is 13.8 Å². The molecule has 0 aromatic heterocycles. The van der Waals surface area contributed by atoms with Crippen LogP contribution in [0.4, 0.5) is 5.69 Å². The third kappa shape index (κ3) is 4.52. The number of anilines is 1. The van der Waals surface area contributed by atoms with E-state index in [1.165, 1.54) is 0 Å². The van der Waals surface area contributed by atoms with E-state index < -0.39 is 0 Å². The number of amides is 1. The van der Waals surface area contributed by atoms with E-state index in [4.69, 9.17) is 9.47 Å². The highest BCUT2D eigenvalue weighted by Crippen LogP contribution is 2.18. The third-order valence-corrected chi connectivity index (χ3v) is 3.03. The topological polar surface area (TPSA) is 47.6 Å². The highest BCUT2D eigenvalue weighted by molar-refractivity contribution is 6.04. The van der Waals surface area contributed by atoms with Gasteiger partial charge in [-0.15, -0.1) is 0 Å². The lowest BCUT2D eigenvalue weighted by molar-refractivity contribution is 0.102. The maximum atomic E-state index is 12.2. The molecule has 0 unspecified atom stereocenters. The first-order chi connectivity index (χ1) is 10.6. The second-order valence-electron chi connectivity index (χ2n) is 5.42. The number of nitrogens with one attached hydrogen (secondary N) is 1. The fraction of sp³-hybridized carbons (Fsp3) is 0.278. The second-order valence-corrected chi connectivity index (χ2v) is 5.42. The van der Waals surface area contributed by atoms with Crippen LogP contribution in [0.25, 0.3) is 0 Å². The molecule has 0 saturated carbocycles. The SMILES string of the molecule is COc1cccc(NC(=O)c2ccc(OCC(C)C)cc2)c1. The molecule has 2 aromatic carbocycles. The largest absolute Gasteiger partial charge is 0.497 e. The van der Waals surface area contributed by atoms with Gasteiger partial charge in [0.1, 0.15) is 11.5 Å². The lowest BCUT2D eigenvalue weighted by Crippen LogP contribution is -2.12. The molecule has 0 saturated heterocycles. The van der Waals surface area contributed by atoms with Crippen molar-refractivity contribution in [3.05, 3.63) is 54.1 Å². The Kier molecular flexibility index (Phi) is 5.42. The molecule has 0 fully saturated rings. The molecule has 4 nitrogen and oxygen atoms in total. The molecule has 22 heavy (non-hydrogen) atoms. The molecule has 1 amide bonds. The monoisotopic (exact) mass is 299 g/mol. The van der Waals surface area contributed by atoms with Crippen molar-refractivity contribution in [2.24, 2.45) is 5.92 Å². The Morgan fingerprint density at radius 1 is 1.09 bits per heavy atom. The Morgan fingerprint density at radius 2 is 1.82 bits per heavy atom. The molecule has 0 aliphatic carbocycles. The van der Waals surface area contributed by atoms with Crippen molar-refractivity contribution in [3.8, 4) is 11.5 Å². The van der Waals surface area contributed by atoms with Crippen LogP contribution in [0.1, 0.15) is 24.2 Å². The Labute approximate surface area is 131 Å². The van der Waals surface area contributed by atoms with Gasteiger partial charge in [0, 0.05) is 17.3 Å². The number of carbonyl (C=O) groups is 1. The van der Waals surface area contributed by atoms with Crippen molar-refractivity contribution in [3.63, 3.8) is 0 Å². The molecule has 116 valence electrons. The molecule has 1 N–H and O–H groups in total. The molecular formula is C18H21NO3. The summed E-state index contributed by atoms with van der Waals surface area (Å²) in [4.78, 5) is 12.2. The summed E-state index contributed by atoms with van der Waals surface area (Å²) in [6, 6.07) is 14.4. The van der Waals surface area contributed by atoms with Crippen molar-refractivity contribution in [2.75, 3.05) is 19.0 Å². The van der Waals surface area contributed by atoms with Crippen molar-refractivity contribution in [1.29, 1.82) is 0 Å². The fourth-order valence-corrected chi connectivity index (χ4v) is 1.87. The van der Waals surface area contributed by atoms with E-state index in [-0.39, 0.29) is 5.91 Å². The molecule has 4 heteroatoms. The van der Waals surface area contributed by atoms with Gasteiger partial charge in [-0.2, -0.15) is 0 Å². The van der Waals surface area contributed by atoms with E-state index in [9.17, 15) is 4.79 Å². The highest BCUT2D eigenvalue weighted by Gasteiger charge is 2.07. The van der Waals surface area contributed by atoms with Gasteiger partial charge < -0.3 is 14.8 Å². The molecule has 0 bridgehead atoms. The van der Waals surface area contributed by atoms with Crippen LogP contribution in [-0.4, -0.2) is 19.6 Å². The van der Waals surface area contributed by atoms with Gasteiger partial charge in [-0.05, 0) is 42.3 Å². The summed E-state index contributed by atoms with van der Waals surface area (Å²) < 4.78 is 10.7. The van der Waals surface area contributed by atoms with E-state index in [0.29, 0.717) is 29.5 Å². The van der Waals surface area contributed by atoms with Crippen LogP contribution >= 0.6 is 0 Å². The predicted octanol–water partition coefficient (Wildman–Crippen LogP) is 3.98. The van der Waals surface area contributed by atoms with Crippen LogP contribution in [0, 0.1) is 5.92 Å². The zero-order valence-corrected chi connectivity index (χ0v) is 13.1. The Bertz CT molecular complexity index is 620. The molecule has 0 aliphatic rings. The Hall–Kier alpha value is -2.49. The van der Waals surface area contributed by atoms with Gasteiger partial charge in [0.2, 0.25) is 0 Å². The van der Waals surface area contributed by atoms with Crippen LogP contribution in [0.15, 0.2) is 48.5 Å². The minimum absolute atomic E-state index is 0.163. The van der Waals surface area contributed by atoms with Crippen LogP contribution in [0.3, 0.4) is 0 Å². The number of carbonyl (C=O) groups excluding carboxylic acids is 1. The standard InChI is InChI=1S/C18H21NO3/c1-13(2)12-22-16-9-7-14(8-10-16)18(20)19-15-5-4-6-17(11-15)21-3/h4-11,13H,12H2,1-3H3,(H,19,20). The maximum absolute atomic E-state index is 12.2. The predicted molar refractivity (Wildman–Crippen MR) is 87.7 cm³/mol. The van der Waals surface area contributed by atoms with E-state index in [0.717, 1.165) is 5.75 Å². The van der Waals surface area contributed by atoms with Crippen molar-refractivity contribution >= 4 is 11.6 Å². The molecule has 0 atom stereocenters. The average Bonchev–Trinajstić information content (AvgIpc) is 2.53. The number of hydrogen-bond acceptors (Lipinski definition) is 3. The summed E-state index contributed by atoms with van der Waals surface area (Å²) in [6.45, 7) is 4.85. The maximum Gasteiger partial charge on any atom is 0.255 e. The number of ether oxygens (including phenoxy) is 2. The minimum Gasteiger partial charge on any atom is -0.497 e. The molecular weight excluding hydrogens is 278 g/mol. The first-order valence-electron chi connectivity index (χ1n) is 7.26. The number of benzene rings is 2. The van der Waals surface area contributed by atoms with Gasteiger partial charge in [-0.1, -0.05) is 19.9 Å². The van der Waals surface area contributed by atoms with E-state index in [1.54, 1.807) is 25.3 Å². The first kappa shape index (κ1) is 15.9. The summed E-state index contributed by atoms with van der Waals surface area (Å²) >= 11 is 0. The van der Waals surface area contributed by atoms with Crippen LogP contribution in [-0.2, 0) is 0 Å². The number of hydrogen-bond donors (Lipinski definition) is 1. The molecule has 0 heterocycles. The van der Waals surface area contributed by atoms with Crippen molar-refractivity contribution in [1.82, 2.24) is 0 Å². The summed E-state index contributed by atoms with van der Waals surface area (Å²) in [5.74, 6) is 1.78. The van der Waals surface area contributed by atoms with E-state index in [2.05, 4.69) is 19.2 Å². The smallest absolute Gasteiger partial charge is 0.255 e.